The fourth-order valence-electron chi connectivity index (χ4n) is 11.1. The Morgan fingerprint density at radius 1 is 0.656 bits per heavy atom. The quantitative estimate of drug-likeness (QED) is 0.383. The number of hydrogen-bond acceptors (Lipinski definition) is 0. The van der Waals surface area contributed by atoms with E-state index >= 15 is 0 Å². The van der Waals surface area contributed by atoms with E-state index in [-0.39, 0.29) is 0 Å². The maximum Gasteiger partial charge on any atom is -0.00286 e. The lowest BCUT2D eigenvalue weighted by Gasteiger charge is -2.61. The number of rotatable bonds is 3. The summed E-state index contributed by atoms with van der Waals surface area (Å²) in [5.41, 5.74) is 5.96. The van der Waals surface area contributed by atoms with Crippen LogP contribution >= 0.6 is 0 Å². The first kappa shape index (κ1) is 24.9. The molecular weight excluding hydrogens is 384 g/mol. The molecule has 1 unspecified atom stereocenters. The maximum absolute atomic E-state index is 2.69. The van der Waals surface area contributed by atoms with Crippen molar-refractivity contribution in [2.45, 2.75) is 146 Å². The van der Waals surface area contributed by atoms with E-state index in [1.54, 1.807) is 17.6 Å². The van der Waals surface area contributed by atoms with Gasteiger partial charge < -0.3 is 0 Å². The molecule has 0 nitrogen and oxygen atoms in total. The third kappa shape index (κ3) is 2.98. The van der Waals surface area contributed by atoms with Crippen molar-refractivity contribution in [1.29, 1.82) is 0 Å². The van der Waals surface area contributed by atoms with E-state index in [1.165, 1.54) is 77.0 Å². The van der Waals surface area contributed by atoms with Crippen molar-refractivity contribution in [2.24, 2.45) is 44.8 Å². The van der Waals surface area contributed by atoms with Gasteiger partial charge in [0, 0.05) is 0 Å². The second kappa shape index (κ2) is 8.16. The molecule has 4 rings (SSSR count). The molecule has 184 valence electrons. The van der Waals surface area contributed by atoms with E-state index < -0.39 is 0 Å². The van der Waals surface area contributed by atoms with E-state index in [2.05, 4.69) is 62.3 Å². The van der Waals surface area contributed by atoms with E-state index in [4.69, 9.17) is 0 Å². The van der Waals surface area contributed by atoms with Crippen LogP contribution in [0.1, 0.15) is 146 Å². The van der Waals surface area contributed by atoms with Crippen LogP contribution in [-0.2, 0) is 0 Å². The Bertz CT molecular complexity index is 717. The lowest BCUT2D eigenvalue weighted by atomic mass is 9.44. The first-order valence-corrected chi connectivity index (χ1v) is 14.7. The van der Waals surface area contributed by atoms with Gasteiger partial charge >= 0.3 is 0 Å². The van der Waals surface area contributed by atoms with Crippen LogP contribution in [-0.4, -0.2) is 0 Å². The molecule has 0 aliphatic heterocycles. The van der Waals surface area contributed by atoms with Crippen molar-refractivity contribution >= 4 is 0 Å². The van der Waals surface area contributed by atoms with Crippen LogP contribution < -0.4 is 0 Å². The summed E-state index contributed by atoms with van der Waals surface area (Å²) in [7, 11) is 0. The first-order chi connectivity index (χ1) is 15.0. The molecule has 0 heterocycles. The van der Waals surface area contributed by atoms with Crippen molar-refractivity contribution in [3.63, 3.8) is 0 Å². The third-order valence-electron chi connectivity index (χ3n) is 14.2. The summed E-state index contributed by atoms with van der Waals surface area (Å²) in [6.07, 6.45) is 19.2. The summed E-state index contributed by atoms with van der Waals surface area (Å²) < 4.78 is 0. The Balaban J connectivity index is 1.55. The van der Waals surface area contributed by atoms with E-state index in [1.807, 2.05) is 0 Å². The molecule has 4 aliphatic rings. The fraction of sp³-hybridized carbons (Fsp3) is 0.938. The lowest BCUT2D eigenvalue weighted by molar-refractivity contribution is -0.102. The van der Waals surface area contributed by atoms with Gasteiger partial charge in [-0.3, -0.25) is 0 Å². The lowest BCUT2D eigenvalue weighted by Crippen LogP contribution is -2.52. The topological polar surface area (TPSA) is 0 Å². The molecule has 0 aromatic carbocycles. The van der Waals surface area contributed by atoms with Crippen molar-refractivity contribution in [2.75, 3.05) is 0 Å². The van der Waals surface area contributed by atoms with E-state index in [0.717, 1.165) is 17.8 Å². The minimum atomic E-state index is 0.352. The zero-order chi connectivity index (χ0) is 23.6. The van der Waals surface area contributed by atoms with Crippen molar-refractivity contribution in [3.8, 4) is 0 Å². The van der Waals surface area contributed by atoms with Crippen LogP contribution in [0, 0.1) is 44.8 Å². The van der Waals surface area contributed by atoms with Gasteiger partial charge in [-0.05, 0) is 123 Å². The second-order valence-corrected chi connectivity index (χ2v) is 14.0. The SMILES string of the molecule is CCC1(CC)C(C)=C(C)C(C)(C2CCC3(CC2)CCC2(CCCCC2)[C@H](C)[C@@H]3C)C1(C)C. The van der Waals surface area contributed by atoms with Crippen LogP contribution in [0.5, 0.6) is 0 Å². The Labute approximate surface area is 201 Å². The van der Waals surface area contributed by atoms with Crippen LogP contribution in [0.3, 0.4) is 0 Å². The summed E-state index contributed by atoms with van der Waals surface area (Å²) >= 11 is 0. The zero-order valence-corrected chi connectivity index (χ0v) is 23.4. The predicted octanol–water partition coefficient (Wildman–Crippen LogP) is 10.4. The average Bonchev–Trinajstić information content (AvgIpc) is 2.92. The van der Waals surface area contributed by atoms with Crippen LogP contribution in [0.15, 0.2) is 11.1 Å². The van der Waals surface area contributed by atoms with Gasteiger partial charge in [0.1, 0.15) is 0 Å². The molecule has 2 spiro atoms. The van der Waals surface area contributed by atoms with Gasteiger partial charge in [0.05, 0.1) is 0 Å². The molecule has 3 atom stereocenters. The van der Waals surface area contributed by atoms with Gasteiger partial charge in [-0.2, -0.15) is 0 Å². The molecule has 0 bridgehead atoms. The van der Waals surface area contributed by atoms with E-state index in [0.29, 0.717) is 27.1 Å². The molecule has 3 saturated carbocycles. The third-order valence-corrected chi connectivity index (χ3v) is 14.2. The Morgan fingerprint density at radius 3 is 1.56 bits per heavy atom. The zero-order valence-electron chi connectivity index (χ0n) is 23.4. The molecule has 0 heteroatoms. The normalized spacial score (nSPS) is 43.2. The molecule has 0 radical (unpaired) electrons. The number of allylic oxidation sites excluding steroid dienone is 2. The van der Waals surface area contributed by atoms with Gasteiger partial charge in [0.2, 0.25) is 0 Å². The highest BCUT2D eigenvalue weighted by molar-refractivity contribution is 5.38. The Morgan fingerprint density at radius 2 is 1.12 bits per heavy atom. The summed E-state index contributed by atoms with van der Waals surface area (Å²) in [5, 5.41) is 0. The summed E-state index contributed by atoms with van der Waals surface area (Å²) in [4.78, 5) is 0. The summed E-state index contributed by atoms with van der Waals surface area (Å²) in [5.74, 6) is 2.72. The first-order valence-electron chi connectivity index (χ1n) is 14.7. The van der Waals surface area contributed by atoms with Gasteiger partial charge in [-0.25, -0.2) is 0 Å². The summed E-state index contributed by atoms with van der Waals surface area (Å²) in [6, 6.07) is 0. The maximum atomic E-state index is 2.69. The minimum absolute atomic E-state index is 0.352. The van der Waals surface area contributed by atoms with Crippen LogP contribution in [0.2, 0.25) is 0 Å². The highest BCUT2D eigenvalue weighted by atomic mass is 14.7. The van der Waals surface area contributed by atoms with Crippen LogP contribution in [0.25, 0.3) is 0 Å². The standard InChI is InChI=1S/C32H56/c1-10-32(11-2)26(6)23(3)29(9,28(32,7)8)27-15-19-31(20-16-27)22-21-30(24(4)25(31)5)17-13-12-14-18-30/h24-25,27H,10-22H2,1-9H3/t24-,25+,27?,29?,31?/m1/s1. The van der Waals surface area contributed by atoms with Gasteiger partial charge in [-0.15, -0.1) is 0 Å². The average molecular weight is 441 g/mol. The Kier molecular flexibility index (Phi) is 6.33. The highest BCUT2D eigenvalue weighted by Crippen LogP contribution is 2.72. The van der Waals surface area contributed by atoms with Crippen LogP contribution in [0.4, 0.5) is 0 Å². The predicted molar refractivity (Wildman–Crippen MR) is 141 cm³/mol. The molecular formula is C32H56. The smallest absolute Gasteiger partial charge is 0.00286 e. The number of hydrogen-bond donors (Lipinski definition) is 0. The van der Waals surface area contributed by atoms with Gasteiger partial charge in [0.25, 0.3) is 0 Å². The molecule has 0 amide bonds. The molecule has 4 aliphatic carbocycles. The highest BCUT2D eigenvalue weighted by Gasteiger charge is 2.64. The largest absolute Gasteiger partial charge is 0.0671 e. The molecule has 0 N–H and O–H groups in total. The fourth-order valence-corrected chi connectivity index (χ4v) is 11.1. The van der Waals surface area contributed by atoms with Crippen molar-refractivity contribution in [3.05, 3.63) is 11.1 Å². The molecule has 32 heavy (non-hydrogen) atoms. The van der Waals surface area contributed by atoms with Gasteiger partial charge in [-0.1, -0.05) is 78.9 Å². The monoisotopic (exact) mass is 440 g/mol. The molecule has 3 fully saturated rings. The van der Waals surface area contributed by atoms with Crippen molar-refractivity contribution in [1.82, 2.24) is 0 Å². The second-order valence-electron chi connectivity index (χ2n) is 14.0. The van der Waals surface area contributed by atoms with Crippen molar-refractivity contribution < 1.29 is 0 Å². The van der Waals surface area contributed by atoms with E-state index in [9.17, 15) is 0 Å². The minimum Gasteiger partial charge on any atom is -0.0671 e. The van der Waals surface area contributed by atoms with Gasteiger partial charge in [0.15, 0.2) is 0 Å². The molecule has 0 aromatic rings. The molecule has 0 aromatic heterocycles. The molecule has 0 saturated heterocycles. The Hall–Kier alpha value is -0.260. The summed E-state index contributed by atoms with van der Waals surface area (Å²) in [6.45, 7) is 23.2.